The first kappa shape index (κ1) is 14.2. The number of aryl methyl sites for hydroxylation is 2. The van der Waals surface area contributed by atoms with E-state index in [-0.39, 0.29) is 12.5 Å². The highest BCUT2D eigenvalue weighted by atomic mass is 16.5. The van der Waals surface area contributed by atoms with Crippen molar-refractivity contribution in [1.29, 1.82) is 0 Å². The van der Waals surface area contributed by atoms with Gasteiger partial charge in [-0.1, -0.05) is 6.07 Å². The van der Waals surface area contributed by atoms with E-state index >= 15 is 0 Å². The molecule has 0 bridgehead atoms. The Bertz CT molecular complexity index is 456. The molecule has 0 aliphatic heterocycles. The molecule has 0 heterocycles. The zero-order chi connectivity index (χ0) is 13.7. The number of carbonyl (C=O) groups is 2. The predicted molar refractivity (Wildman–Crippen MR) is 67.6 cm³/mol. The molecule has 1 rings (SSSR count). The summed E-state index contributed by atoms with van der Waals surface area (Å²) in [5.41, 5.74) is 2.89. The van der Waals surface area contributed by atoms with Gasteiger partial charge in [0.25, 0.3) is 0 Å². The number of carboxylic acid groups (broad SMARTS) is 1. The molecule has 0 saturated carbocycles. The Labute approximate surface area is 106 Å². The normalized spacial score (nSPS) is 11.9. The number of hydrogen-bond acceptors (Lipinski definition) is 3. The Balaban J connectivity index is 2.49. The fraction of sp³-hybridized carbons (Fsp3) is 0.385. The van der Waals surface area contributed by atoms with Crippen LogP contribution in [0.4, 0.5) is 5.69 Å². The summed E-state index contributed by atoms with van der Waals surface area (Å²) < 4.78 is 4.88. The Morgan fingerprint density at radius 1 is 1.33 bits per heavy atom. The second-order valence-corrected chi connectivity index (χ2v) is 4.14. The summed E-state index contributed by atoms with van der Waals surface area (Å²) in [6, 6.07) is 5.56. The van der Waals surface area contributed by atoms with Gasteiger partial charge in [0.1, 0.15) is 6.61 Å². The van der Waals surface area contributed by atoms with Crippen molar-refractivity contribution >= 4 is 17.6 Å². The minimum atomic E-state index is -1.09. The molecule has 1 aromatic carbocycles. The molecule has 1 aromatic rings. The number of nitrogens with one attached hydrogen (secondary N) is 1. The van der Waals surface area contributed by atoms with Crippen molar-refractivity contribution in [2.75, 3.05) is 11.9 Å². The van der Waals surface area contributed by atoms with Crippen LogP contribution in [-0.2, 0) is 14.3 Å². The molecule has 0 spiro atoms. The predicted octanol–water partition coefficient (Wildman–Crippen LogP) is 1.73. The molecule has 5 heteroatoms. The van der Waals surface area contributed by atoms with Crippen LogP contribution in [0.3, 0.4) is 0 Å². The first-order chi connectivity index (χ1) is 8.40. The Hall–Kier alpha value is -1.88. The fourth-order valence-electron chi connectivity index (χ4n) is 1.29. The molecule has 18 heavy (non-hydrogen) atoms. The molecule has 2 N–H and O–H groups in total. The van der Waals surface area contributed by atoms with Crippen LogP contribution >= 0.6 is 0 Å². The molecule has 0 aliphatic carbocycles. The number of hydrogen-bond donors (Lipinski definition) is 2. The highest BCUT2D eigenvalue weighted by Crippen LogP contribution is 2.13. The van der Waals surface area contributed by atoms with Crippen LogP contribution in [0.15, 0.2) is 18.2 Å². The van der Waals surface area contributed by atoms with E-state index in [1.54, 1.807) is 6.07 Å². The van der Waals surface area contributed by atoms with Gasteiger partial charge >= 0.3 is 5.97 Å². The Morgan fingerprint density at radius 2 is 2.00 bits per heavy atom. The quantitative estimate of drug-likeness (QED) is 0.835. The number of amides is 1. The maximum atomic E-state index is 11.5. The van der Waals surface area contributed by atoms with Gasteiger partial charge in [-0.05, 0) is 44.0 Å². The molecular weight excluding hydrogens is 234 g/mol. The summed E-state index contributed by atoms with van der Waals surface area (Å²) in [6.45, 7) is 5.04. The highest BCUT2D eigenvalue weighted by Gasteiger charge is 2.13. The van der Waals surface area contributed by atoms with E-state index in [1.807, 2.05) is 26.0 Å². The van der Waals surface area contributed by atoms with E-state index in [9.17, 15) is 9.59 Å². The monoisotopic (exact) mass is 251 g/mol. The standard InChI is InChI=1S/C13H17NO4/c1-8-4-5-11(6-9(8)2)14-12(15)7-18-10(3)13(16)17/h4-6,10H,7H2,1-3H3,(H,14,15)(H,16,17)/t10-/m0/s1. The molecular formula is C13H17NO4. The first-order valence-corrected chi connectivity index (χ1v) is 5.61. The summed E-state index contributed by atoms with van der Waals surface area (Å²) in [6.07, 6.45) is -0.990. The average Bonchev–Trinajstić information content (AvgIpc) is 2.30. The fourth-order valence-corrected chi connectivity index (χ4v) is 1.29. The van der Waals surface area contributed by atoms with Gasteiger partial charge in [0, 0.05) is 5.69 Å². The number of carbonyl (C=O) groups excluding carboxylic acids is 1. The lowest BCUT2D eigenvalue weighted by molar-refractivity contribution is -0.150. The van der Waals surface area contributed by atoms with Gasteiger partial charge in [0.15, 0.2) is 6.10 Å². The smallest absolute Gasteiger partial charge is 0.332 e. The highest BCUT2D eigenvalue weighted by molar-refractivity contribution is 5.92. The Morgan fingerprint density at radius 3 is 2.56 bits per heavy atom. The van der Waals surface area contributed by atoms with Crippen LogP contribution in [0.1, 0.15) is 18.1 Å². The second-order valence-electron chi connectivity index (χ2n) is 4.14. The van der Waals surface area contributed by atoms with E-state index in [4.69, 9.17) is 9.84 Å². The van der Waals surface area contributed by atoms with Crippen LogP contribution in [0.25, 0.3) is 0 Å². The third-order valence-corrected chi connectivity index (χ3v) is 2.60. The van der Waals surface area contributed by atoms with Crippen molar-refractivity contribution in [3.05, 3.63) is 29.3 Å². The minimum Gasteiger partial charge on any atom is -0.479 e. The van der Waals surface area contributed by atoms with Crippen LogP contribution < -0.4 is 5.32 Å². The number of benzene rings is 1. The van der Waals surface area contributed by atoms with Gasteiger partial charge in [-0.25, -0.2) is 4.79 Å². The van der Waals surface area contributed by atoms with Gasteiger partial charge in [0.05, 0.1) is 0 Å². The number of aliphatic carboxylic acids is 1. The molecule has 0 aromatic heterocycles. The van der Waals surface area contributed by atoms with Gasteiger partial charge in [-0.15, -0.1) is 0 Å². The molecule has 1 atom stereocenters. The largest absolute Gasteiger partial charge is 0.479 e. The average molecular weight is 251 g/mol. The van der Waals surface area contributed by atoms with Crippen LogP contribution in [0.2, 0.25) is 0 Å². The minimum absolute atomic E-state index is 0.277. The SMILES string of the molecule is Cc1ccc(NC(=O)CO[C@@H](C)C(=O)O)cc1C. The van der Waals surface area contributed by atoms with Crippen molar-refractivity contribution < 1.29 is 19.4 Å². The van der Waals surface area contributed by atoms with Crippen molar-refractivity contribution in [1.82, 2.24) is 0 Å². The summed E-state index contributed by atoms with van der Waals surface area (Å²) in [5, 5.41) is 11.2. The van der Waals surface area contributed by atoms with Crippen molar-refractivity contribution in [3.63, 3.8) is 0 Å². The molecule has 0 saturated heterocycles. The molecule has 0 fully saturated rings. The number of anilines is 1. The number of rotatable bonds is 5. The lowest BCUT2D eigenvalue weighted by Gasteiger charge is -2.10. The van der Waals surface area contributed by atoms with Gasteiger partial charge in [-0.3, -0.25) is 4.79 Å². The summed E-state index contributed by atoms with van der Waals surface area (Å²) in [5.74, 6) is -1.46. The van der Waals surface area contributed by atoms with Crippen molar-refractivity contribution in [2.24, 2.45) is 0 Å². The zero-order valence-corrected chi connectivity index (χ0v) is 10.7. The van der Waals surface area contributed by atoms with E-state index in [2.05, 4.69) is 5.32 Å². The van der Waals surface area contributed by atoms with E-state index < -0.39 is 12.1 Å². The topological polar surface area (TPSA) is 75.6 Å². The Kier molecular flexibility index (Phi) is 4.85. The molecule has 98 valence electrons. The van der Waals surface area contributed by atoms with E-state index in [1.165, 1.54) is 6.92 Å². The van der Waals surface area contributed by atoms with Crippen LogP contribution in [0.5, 0.6) is 0 Å². The molecule has 5 nitrogen and oxygen atoms in total. The molecule has 0 unspecified atom stereocenters. The van der Waals surface area contributed by atoms with Gasteiger partial charge in [0.2, 0.25) is 5.91 Å². The van der Waals surface area contributed by atoms with Crippen molar-refractivity contribution in [2.45, 2.75) is 26.9 Å². The zero-order valence-electron chi connectivity index (χ0n) is 10.7. The summed E-state index contributed by atoms with van der Waals surface area (Å²) in [7, 11) is 0. The molecule has 1 amide bonds. The third kappa shape index (κ3) is 4.18. The maximum absolute atomic E-state index is 11.5. The molecule has 0 radical (unpaired) electrons. The van der Waals surface area contributed by atoms with Crippen LogP contribution in [0, 0.1) is 13.8 Å². The lowest BCUT2D eigenvalue weighted by Crippen LogP contribution is -2.26. The number of ether oxygens (including phenoxy) is 1. The van der Waals surface area contributed by atoms with E-state index in [0.717, 1.165) is 11.1 Å². The number of carboxylic acids is 1. The molecule has 0 aliphatic rings. The summed E-state index contributed by atoms with van der Waals surface area (Å²) in [4.78, 5) is 22.0. The third-order valence-electron chi connectivity index (χ3n) is 2.60. The first-order valence-electron chi connectivity index (χ1n) is 5.61. The summed E-state index contributed by atoms with van der Waals surface area (Å²) >= 11 is 0. The van der Waals surface area contributed by atoms with Gasteiger partial charge < -0.3 is 15.2 Å². The van der Waals surface area contributed by atoms with E-state index in [0.29, 0.717) is 5.69 Å². The lowest BCUT2D eigenvalue weighted by atomic mass is 10.1. The second kappa shape index (κ2) is 6.16. The van der Waals surface area contributed by atoms with Gasteiger partial charge in [-0.2, -0.15) is 0 Å². The van der Waals surface area contributed by atoms with Crippen LogP contribution in [-0.4, -0.2) is 29.7 Å². The van der Waals surface area contributed by atoms with Crippen molar-refractivity contribution in [3.8, 4) is 0 Å². The maximum Gasteiger partial charge on any atom is 0.332 e.